The van der Waals surface area contributed by atoms with E-state index in [-0.39, 0.29) is 17.9 Å². The average Bonchev–Trinajstić information content (AvgIpc) is 2.98. The highest BCUT2D eigenvalue weighted by atomic mass is 16.3. The Morgan fingerprint density at radius 1 is 1.00 bits per heavy atom. The van der Waals surface area contributed by atoms with Crippen LogP contribution in [-0.4, -0.2) is 17.1 Å². The molecule has 3 aliphatic rings. The van der Waals surface area contributed by atoms with E-state index in [0.29, 0.717) is 6.42 Å². The van der Waals surface area contributed by atoms with Gasteiger partial charge in [-0.2, -0.15) is 0 Å². The molecule has 1 fully saturated rings. The molecule has 0 aromatic heterocycles. The number of aliphatic hydroxyl groups is 1. The third-order valence-corrected chi connectivity index (χ3v) is 6.62. The van der Waals surface area contributed by atoms with E-state index in [2.05, 4.69) is 54.7 Å². The van der Waals surface area contributed by atoms with Crippen molar-refractivity contribution in [3.63, 3.8) is 0 Å². The van der Waals surface area contributed by atoms with Crippen molar-refractivity contribution in [1.29, 1.82) is 0 Å². The first-order valence-corrected chi connectivity index (χ1v) is 10.7. The smallest absolute Gasteiger partial charge is 0.228 e. The SMILES string of the molecule is Cc1ccc2c(c1)C1=C(C2)c2cc(/C=C\C3CCCCC3O)ccc2NC(=O)C1. The number of carbonyl (C=O) groups excluding carboxylic acids is 1. The number of anilines is 1. The third-order valence-electron chi connectivity index (χ3n) is 6.62. The van der Waals surface area contributed by atoms with Gasteiger partial charge in [-0.05, 0) is 66.2 Å². The number of aryl methyl sites for hydroxylation is 1. The summed E-state index contributed by atoms with van der Waals surface area (Å²) in [5.41, 5.74) is 9.37. The molecule has 148 valence electrons. The van der Waals surface area contributed by atoms with Crippen LogP contribution in [-0.2, 0) is 11.2 Å². The predicted molar refractivity (Wildman–Crippen MR) is 118 cm³/mol. The van der Waals surface area contributed by atoms with Crippen LogP contribution in [0.1, 0.15) is 59.9 Å². The van der Waals surface area contributed by atoms with Gasteiger partial charge >= 0.3 is 0 Å². The summed E-state index contributed by atoms with van der Waals surface area (Å²) in [5.74, 6) is 0.301. The highest BCUT2D eigenvalue weighted by Gasteiger charge is 2.29. The summed E-state index contributed by atoms with van der Waals surface area (Å²) in [5, 5.41) is 13.3. The summed E-state index contributed by atoms with van der Waals surface area (Å²) in [7, 11) is 0. The lowest BCUT2D eigenvalue weighted by Crippen LogP contribution is -2.22. The number of aliphatic hydroxyl groups excluding tert-OH is 1. The Kier molecular flexibility index (Phi) is 4.63. The zero-order chi connectivity index (χ0) is 20.0. The molecule has 2 atom stereocenters. The highest BCUT2D eigenvalue weighted by molar-refractivity contribution is 6.12. The van der Waals surface area contributed by atoms with E-state index in [1.54, 1.807) is 0 Å². The number of carbonyl (C=O) groups is 1. The van der Waals surface area contributed by atoms with Gasteiger partial charge < -0.3 is 10.4 Å². The zero-order valence-electron chi connectivity index (χ0n) is 16.9. The van der Waals surface area contributed by atoms with Crippen LogP contribution in [0.25, 0.3) is 17.2 Å². The topological polar surface area (TPSA) is 49.3 Å². The number of allylic oxidation sites excluding steroid dienone is 1. The van der Waals surface area contributed by atoms with Crippen LogP contribution in [0.15, 0.2) is 42.5 Å². The molecular formula is C26H27NO2. The van der Waals surface area contributed by atoms with Crippen molar-refractivity contribution in [2.75, 3.05) is 5.32 Å². The summed E-state index contributed by atoms with van der Waals surface area (Å²) in [6, 6.07) is 12.8. The maximum atomic E-state index is 12.5. The molecule has 2 aliphatic carbocycles. The average molecular weight is 386 g/mol. The second kappa shape index (κ2) is 7.31. The van der Waals surface area contributed by atoms with E-state index in [4.69, 9.17) is 0 Å². The Morgan fingerprint density at radius 3 is 2.69 bits per heavy atom. The van der Waals surface area contributed by atoms with Gasteiger partial charge in [-0.15, -0.1) is 0 Å². The fourth-order valence-electron chi connectivity index (χ4n) is 5.02. The zero-order valence-corrected chi connectivity index (χ0v) is 16.9. The van der Waals surface area contributed by atoms with Crippen molar-refractivity contribution in [3.05, 3.63) is 70.3 Å². The van der Waals surface area contributed by atoms with Gasteiger partial charge in [-0.25, -0.2) is 0 Å². The van der Waals surface area contributed by atoms with Gasteiger partial charge in [0.15, 0.2) is 0 Å². The lowest BCUT2D eigenvalue weighted by Gasteiger charge is -2.24. The van der Waals surface area contributed by atoms with Crippen LogP contribution >= 0.6 is 0 Å². The van der Waals surface area contributed by atoms with Crippen molar-refractivity contribution in [2.24, 2.45) is 5.92 Å². The number of benzene rings is 2. The molecule has 1 saturated carbocycles. The van der Waals surface area contributed by atoms with E-state index in [1.165, 1.54) is 34.3 Å². The summed E-state index contributed by atoms with van der Waals surface area (Å²) < 4.78 is 0. The fourth-order valence-corrected chi connectivity index (χ4v) is 5.02. The maximum Gasteiger partial charge on any atom is 0.228 e. The number of fused-ring (bicyclic) bond motifs is 4. The fraction of sp³-hybridized carbons (Fsp3) is 0.346. The molecule has 1 amide bonds. The van der Waals surface area contributed by atoms with Crippen LogP contribution in [0.2, 0.25) is 0 Å². The molecule has 3 nitrogen and oxygen atoms in total. The molecule has 0 saturated heterocycles. The lowest BCUT2D eigenvalue weighted by atomic mass is 9.86. The van der Waals surface area contributed by atoms with Crippen molar-refractivity contribution in [3.8, 4) is 0 Å². The Hall–Kier alpha value is -2.65. The van der Waals surface area contributed by atoms with Crippen molar-refractivity contribution in [2.45, 2.75) is 51.6 Å². The van der Waals surface area contributed by atoms with E-state index < -0.39 is 0 Å². The van der Waals surface area contributed by atoms with E-state index in [9.17, 15) is 9.90 Å². The van der Waals surface area contributed by atoms with Gasteiger partial charge in [0, 0.05) is 17.2 Å². The molecule has 2 aromatic rings. The van der Waals surface area contributed by atoms with Crippen molar-refractivity contribution >= 4 is 28.8 Å². The van der Waals surface area contributed by atoms with E-state index in [0.717, 1.165) is 42.5 Å². The normalized spacial score (nSPS) is 23.4. The summed E-state index contributed by atoms with van der Waals surface area (Å²) in [6.45, 7) is 2.10. The molecule has 0 spiro atoms. The second-order valence-electron chi connectivity index (χ2n) is 8.70. The standard InChI is InChI=1S/C26H27NO2/c1-16-6-9-19-14-21-22(20(19)12-16)15-26(29)27-24-11-8-17(13-23(21)24)7-10-18-4-2-3-5-25(18)28/h6-13,18,25,28H,2-5,14-15H2,1H3,(H,27,29)/b10-7-. The number of rotatable bonds is 2. The van der Waals surface area contributed by atoms with Crippen LogP contribution in [0, 0.1) is 12.8 Å². The highest BCUT2D eigenvalue weighted by Crippen LogP contribution is 2.44. The Labute approximate surface area is 172 Å². The molecule has 1 aliphatic heterocycles. The molecule has 0 radical (unpaired) electrons. The maximum absolute atomic E-state index is 12.5. The number of hydrogen-bond acceptors (Lipinski definition) is 2. The summed E-state index contributed by atoms with van der Waals surface area (Å²) >= 11 is 0. The minimum atomic E-state index is -0.220. The van der Waals surface area contributed by atoms with Gasteiger partial charge in [0.2, 0.25) is 5.91 Å². The Balaban J connectivity index is 1.53. The van der Waals surface area contributed by atoms with Gasteiger partial charge in [0.1, 0.15) is 0 Å². The first kappa shape index (κ1) is 18.4. The first-order chi connectivity index (χ1) is 14.1. The molecular weight excluding hydrogens is 358 g/mol. The minimum Gasteiger partial charge on any atom is -0.393 e. The molecule has 2 unspecified atom stereocenters. The molecule has 3 heteroatoms. The van der Waals surface area contributed by atoms with Crippen molar-refractivity contribution in [1.82, 2.24) is 0 Å². The number of hydrogen-bond donors (Lipinski definition) is 2. The molecule has 1 heterocycles. The van der Waals surface area contributed by atoms with Crippen LogP contribution in [0.4, 0.5) is 5.69 Å². The van der Waals surface area contributed by atoms with Gasteiger partial charge in [-0.1, -0.05) is 54.8 Å². The molecule has 2 aromatic carbocycles. The van der Waals surface area contributed by atoms with Crippen molar-refractivity contribution < 1.29 is 9.90 Å². The summed E-state index contributed by atoms with van der Waals surface area (Å²) in [4.78, 5) is 12.5. The Bertz CT molecular complexity index is 1050. The van der Waals surface area contributed by atoms with Crippen LogP contribution in [0.3, 0.4) is 0 Å². The predicted octanol–water partition coefficient (Wildman–Crippen LogP) is 5.37. The van der Waals surface area contributed by atoms with Gasteiger partial charge in [0.25, 0.3) is 0 Å². The number of amides is 1. The molecule has 29 heavy (non-hydrogen) atoms. The minimum absolute atomic E-state index is 0.0548. The lowest BCUT2D eigenvalue weighted by molar-refractivity contribution is -0.115. The molecule has 5 rings (SSSR count). The van der Waals surface area contributed by atoms with Crippen LogP contribution < -0.4 is 5.32 Å². The largest absolute Gasteiger partial charge is 0.393 e. The number of nitrogens with one attached hydrogen (secondary N) is 1. The summed E-state index contributed by atoms with van der Waals surface area (Å²) in [6.07, 6.45) is 9.67. The third kappa shape index (κ3) is 3.44. The first-order valence-electron chi connectivity index (χ1n) is 10.7. The molecule has 2 N–H and O–H groups in total. The van der Waals surface area contributed by atoms with Gasteiger partial charge in [0.05, 0.1) is 12.5 Å². The monoisotopic (exact) mass is 385 g/mol. The quantitative estimate of drug-likeness (QED) is 0.730. The molecule has 0 bridgehead atoms. The Morgan fingerprint density at radius 2 is 1.83 bits per heavy atom. The van der Waals surface area contributed by atoms with Crippen LogP contribution in [0.5, 0.6) is 0 Å². The van der Waals surface area contributed by atoms with E-state index in [1.807, 2.05) is 6.07 Å². The second-order valence-corrected chi connectivity index (χ2v) is 8.70. The van der Waals surface area contributed by atoms with Gasteiger partial charge in [-0.3, -0.25) is 4.79 Å². The van der Waals surface area contributed by atoms with E-state index >= 15 is 0 Å².